The number of carbonyl (C=O) groups is 1. The van der Waals surface area contributed by atoms with Gasteiger partial charge in [-0.2, -0.15) is 0 Å². The second-order valence-corrected chi connectivity index (χ2v) is 6.52. The van der Waals surface area contributed by atoms with Gasteiger partial charge in [-0.05, 0) is 52.9 Å². The number of nitrogens with zero attached hydrogens (tertiary/aromatic N) is 2. The van der Waals surface area contributed by atoms with Gasteiger partial charge in [-0.25, -0.2) is 4.39 Å². The summed E-state index contributed by atoms with van der Waals surface area (Å²) in [4.78, 5) is 16.7. The van der Waals surface area contributed by atoms with Gasteiger partial charge >= 0.3 is 0 Å². The fourth-order valence-electron chi connectivity index (χ4n) is 2.61. The first-order chi connectivity index (χ1) is 9.63. The van der Waals surface area contributed by atoms with Gasteiger partial charge in [0.05, 0.1) is 4.47 Å². The van der Waals surface area contributed by atoms with Crippen LogP contribution in [0.1, 0.15) is 23.2 Å². The van der Waals surface area contributed by atoms with Crippen molar-refractivity contribution in [1.29, 1.82) is 0 Å². The number of halogens is 2. The summed E-state index contributed by atoms with van der Waals surface area (Å²) in [5.74, 6) is 0.554. The Labute approximate surface area is 126 Å². The predicted molar refractivity (Wildman–Crippen MR) is 79.2 cm³/mol. The van der Waals surface area contributed by atoms with E-state index in [1.807, 2.05) is 4.90 Å². The van der Waals surface area contributed by atoms with Crippen LogP contribution in [0.15, 0.2) is 22.7 Å². The van der Waals surface area contributed by atoms with E-state index in [0.717, 1.165) is 32.1 Å². The number of carbonyl (C=O) groups excluding carboxylic acids is 1. The highest BCUT2D eigenvalue weighted by Gasteiger charge is 2.28. The van der Waals surface area contributed by atoms with Crippen molar-refractivity contribution < 1.29 is 9.18 Å². The van der Waals surface area contributed by atoms with Crippen molar-refractivity contribution in [3.8, 4) is 0 Å². The molecule has 5 heteroatoms. The average Bonchev–Trinajstić information content (AvgIpc) is 3.26. The topological polar surface area (TPSA) is 23.6 Å². The summed E-state index contributed by atoms with van der Waals surface area (Å²) in [6, 6.07) is 4.45. The molecule has 2 aliphatic rings. The highest BCUT2D eigenvalue weighted by Crippen LogP contribution is 2.30. The van der Waals surface area contributed by atoms with Gasteiger partial charge in [0, 0.05) is 38.3 Å². The zero-order valence-corrected chi connectivity index (χ0v) is 12.9. The average molecular weight is 341 g/mol. The molecule has 1 saturated heterocycles. The summed E-state index contributed by atoms with van der Waals surface area (Å²) in [5, 5.41) is 0. The zero-order valence-electron chi connectivity index (χ0n) is 11.3. The zero-order chi connectivity index (χ0) is 14.1. The van der Waals surface area contributed by atoms with Crippen LogP contribution in [-0.2, 0) is 0 Å². The van der Waals surface area contributed by atoms with Crippen LogP contribution in [0.5, 0.6) is 0 Å². The molecule has 1 aliphatic heterocycles. The van der Waals surface area contributed by atoms with Gasteiger partial charge in [0.1, 0.15) is 5.82 Å². The second kappa shape index (κ2) is 5.82. The number of piperazine rings is 1. The van der Waals surface area contributed by atoms with Gasteiger partial charge < -0.3 is 4.90 Å². The fraction of sp³-hybridized carbons (Fsp3) is 0.533. The lowest BCUT2D eigenvalue weighted by molar-refractivity contribution is 0.0632. The van der Waals surface area contributed by atoms with E-state index in [0.29, 0.717) is 10.0 Å². The van der Waals surface area contributed by atoms with Crippen LogP contribution in [0.2, 0.25) is 0 Å². The lowest BCUT2D eigenvalue weighted by atomic mass is 10.1. The van der Waals surface area contributed by atoms with E-state index in [1.165, 1.54) is 25.5 Å². The Morgan fingerprint density at radius 3 is 2.55 bits per heavy atom. The molecule has 2 fully saturated rings. The third-order valence-electron chi connectivity index (χ3n) is 4.04. The minimum atomic E-state index is -0.337. The smallest absolute Gasteiger partial charge is 0.253 e. The molecule has 0 N–H and O–H groups in total. The quantitative estimate of drug-likeness (QED) is 0.844. The molecule has 3 nitrogen and oxygen atoms in total. The molecule has 0 aromatic heterocycles. The Hall–Kier alpha value is -0.940. The maximum atomic E-state index is 13.2. The first-order valence-corrected chi connectivity index (χ1v) is 7.89. The summed E-state index contributed by atoms with van der Waals surface area (Å²) < 4.78 is 13.5. The van der Waals surface area contributed by atoms with Crippen molar-refractivity contribution in [1.82, 2.24) is 9.80 Å². The third-order valence-corrected chi connectivity index (χ3v) is 4.65. The lowest BCUT2D eigenvalue weighted by Crippen LogP contribution is -2.49. The molecule has 0 unspecified atom stereocenters. The summed E-state index contributed by atoms with van der Waals surface area (Å²) in [6.07, 6.45) is 2.73. The molecule has 108 valence electrons. The van der Waals surface area contributed by atoms with Crippen LogP contribution in [0.25, 0.3) is 0 Å². The first kappa shape index (κ1) is 14.0. The number of hydrogen-bond donors (Lipinski definition) is 0. The Morgan fingerprint density at radius 2 is 1.95 bits per heavy atom. The minimum absolute atomic E-state index is 0.00299. The van der Waals surface area contributed by atoms with E-state index in [2.05, 4.69) is 20.8 Å². The van der Waals surface area contributed by atoms with Gasteiger partial charge in [-0.3, -0.25) is 9.69 Å². The van der Waals surface area contributed by atoms with Crippen molar-refractivity contribution in [3.05, 3.63) is 34.1 Å². The van der Waals surface area contributed by atoms with Crippen LogP contribution in [0.4, 0.5) is 4.39 Å². The number of rotatable bonds is 3. The molecule has 0 atom stereocenters. The van der Waals surface area contributed by atoms with E-state index < -0.39 is 0 Å². The Morgan fingerprint density at radius 1 is 1.25 bits per heavy atom. The molecule has 20 heavy (non-hydrogen) atoms. The van der Waals surface area contributed by atoms with Crippen LogP contribution < -0.4 is 0 Å². The monoisotopic (exact) mass is 340 g/mol. The van der Waals surface area contributed by atoms with Gasteiger partial charge in [-0.15, -0.1) is 0 Å². The van der Waals surface area contributed by atoms with Gasteiger partial charge in [0.2, 0.25) is 0 Å². The molecule has 1 saturated carbocycles. The van der Waals surface area contributed by atoms with Crippen molar-refractivity contribution in [2.24, 2.45) is 5.92 Å². The molecule has 1 aromatic carbocycles. The first-order valence-electron chi connectivity index (χ1n) is 7.10. The van der Waals surface area contributed by atoms with E-state index in [4.69, 9.17) is 0 Å². The van der Waals surface area contributed by atoms with Crippen molar-refractivity contribution >= 4 is 21.8 Å². The molecule has 0 spiro atoms. The van der Waals surface area contributed by atoms with E-state index in [-0.39, 0.29) is 11.7 Å². The Kier molecular flexibility index (Phi) is 4.08. The molecular weight excluding hydrogens is 323 g/mol. The van der Waals surface area contributed by atoms with Gasteiger partial charge in [0.15, 0.2) is 0 Å². The summed E-state index contributed by atoms with van der Waals surface area (Å²) in [7, 11) is 0. The Balaban J connectivity index is 1.58. The highest BCUT2D eigenvalue weighted by atomic mass is 79.9. The predicted octanol–water partition coefficient (Wildman–Crippen LogP) is 2.76. The van der Waals surface area contributed by atoms with E-state index >= 15 is 0 Å². The minimum Gasteiger partial charge on any atom is -0.336 e. The van der Waals surface area contributed by atoms with Crippen LogP contribution in [0, 0.1) is 11.7 Å². The summed E-state index contributed by atoms with van der Waals surface area (Å²) in [6.45, 7) is 4.61. The maximum Gasteiger partial charge on any atom is 0.253 e. The van der Waals surface area contributed by atoms with Crippen molar-refractivity contribution in [2.45, 2.75) is 12.8 Å². The van der Waals surface area contributed by atoms with E-state index in [9.17, 15) is 9.18 Å². The van der Waals surface area contributed by atoms with Gasteiger partial charge in [-0.1, -0.05) is 0 Å². The third kappa shape index (κ3) is 3.20. The maximum absolute atomic E-state index is 13.2. The van der Waals surface area contributed by atoms with Crippen LogP contribution in [0.3, 0.4) is 0 Å². The molecular formula is C15H18BrFN2O. The number of amides is 1. The molecule has 1 aromatic rings. The lowest BCUT2D eigenvalue weighted by Gasteiger charge is -2.34. The molecule has 1 aliphatic carbocycles. The molecule has 0 radical (unpaired) electrons. The SMILES string of the molecule is O=C(c1ccc(F)c(Br)c1)N1CCN(CC2CC2)CC1. The molecule has 3 rings (SSSR count). The summed E-state index contributed by atoms with van der Waals surface area (Å²) in [5.41, 5.74) is 0.550. The van der Waals surface area contributed by atoms with Crippen LogP contribution in [-0.4, -0.2) is 48.4 Å². The number of benzene rings is 1. The molecule has 0 bridgehead atoms. The van der Waals surface area contributed by atoms with Gasteiger partial charge in [0.25, 0.3) is 5.91 Å². The highest BCUT2D eigenvalue weighted by molar-refractivity contribution is 9.10. The normalized spacial score (nSPS) is 20.2. The molecule has 1 amide bonds. The van der Waals surface area contributed by atoms with E-state index in [1.54, 1.807) is 12.1 Å². The molecule has 1 heterocycles. The fourth-order valence-corrected chi connectivity index (χ4v) is 2.99. The number of hydrogen-bond acceptors (Lipinski definition) is 2. The van der Waals surface area contributed by atoms with Crippen molar-refractivity contribution in [2.75, 3.05) is 32.7 Å². The van der Waals surface area contributed by atoms with Crippen molar-refractivity contribution in [3.63, 3.8) is 0 Å². The standard InChI is InChI=1S/C15H18BrFN2O/c16-13-9-12(3-4-14(13)17)15(20)19-7-5-18(6-8-19)10-11-1-2-11/h3-4,9,11H,1-2,5-8,10H2. The second-order valence-electron chi connectivity index (χ2n) is 5.67. The Bertz CT molecular complexity index is 511. The van der Waals surface area contributed by atoms with Crippen LogP contribution >= 0.6 is 15.9 Å². The largest absolute Gasteiger partial charge is 0.336 e. The summed E-state index contributed by atoms with van der Waals surface area (Å²) >= 11 is 3.13.